The molecule has 0 unspecified atom stereocenters. The normalized spacial score (nSPS) is 12.5. The van der Waals surface area contributed by atoms with Crippen molar-refractivity contribution in [3.8, 4) is 34.0 Å². The molecule has 0 fully saturated rings. The van der Waals surface area contributed by atoms with Gasteiger partial charge in [0, 0.05) is 53.4 Å². The summed E-state index contributed by atoms with van der Waals surface area (Å²) in [6, 6.07) is 61.3. The molecular weight excluding hydrogens is 665 g/mol. The van der Waals surface area contributed by atoms with E-state index in [1.54, 1.807) is 11.8 Å². The Bertz CT molecular complexity index is 3320. The van der Waals surface area contributed by atoms with Crippen molar-refractivity contribution in [3.63, 3.8) is 0 Å². The molecule has 3 aromatic heterocycles. The van der Waals surface area contributed by atoms with Crippen LogP contribution in [0.4, 0.5) is 0 Å². The molecule has 0 bridgehead atoms. The maximum absolute atomic E-state index is 5.35. The smallest absolute Gasteiger partial charge is 0.235 e. The average molecular weight is 693 g/mol. The number of hydrogen-bond acceptors (Lipinski definition) is 3. The minimum Gasteiger partial charge on any atom is -0.309 e. The van der Waals surface area contributed by atoms with Crippen molar-refractivity contribution in [1.29, 1.82) is 0 Å². The molecule has 1 aliphatic heterocycles. The van der Waals surface area contributed by atoms with Crippen molar-refractivity contribution in [2.45, 2.75) is 9.79 Å². The van der Waals surface area contributed by atoms with E-state index in [9.17, 15) is 0 Å². The summed E-state index contributed by atoms with van der Waals surface area (Å²) < 4.78 is 4.66. The summed E-state index contributed by atoms with van der Waals surface area (Å²) in [5.41, 5.74) is 11.3. The molecule has 0 N–H and O–H groups in total. The van der Waals surface area contributed by atoms with Gasteiger partial charge in [-0.05, 0) is 71.1 Å². The molecule has 11 aromatic rings. The Kier molecular flexibility index (Phi) is 5.96. The first kappa shape index (κ1) is 28.9. The Labute approximate surface area is 308 Å². The molecule has 0 atom stereocenters. The van der Waals surface area contributed by atoms with Crippen LogP contribution in [0.5, 0.6) is 0 Å². The predicted molar refractivity (Wildman–Crippen MR) is 221 cm³/mol. The van der Waals surface area contributed by atoms with Gasteiger partial charge in [0.2, 0.25) is 5.95 Å². The maximum atomic E-state index is 5.35. The highest BCUT2D eigenvalue weighted by Crippen LogP contribution is 2.47. The fraction of sp³-hybridized carbons (Fsp3) is 0. The van der Waals surface area contributed by atoms with Crippen LogP contribution in [0.3, 0.4) is 0 Å². The third-order valence-corrected chi connectivity index (χ3v) is 12.1. The van der Waals surface area contributed by atoms with Gasteiger partial charge >= 0.3 is 0 Å². The van der Waals surface area contributed by atoms with Crippen molar-refractivity contribution < 1.29 is 0 Å². The molecule has 53 heavy (non-hydrogen) atoms. The fourth-order valence-corrected chi connectivity index (χ4v) is 9.77. The van der Waals surface area contributed by atoms with Gasteiger partial charge in [-0.3, -0.25) is 4.57 Å². The second-order valence-electron chi connectivity index (χ2n) is 13.8. The molecule has 12 rings (SSSR count). The van der Waals surface area contributed by atoms with Gasteiger partial charge in [0.25, 0.3) is 0 Å². The first-order valence-electron chi connectivity index (χ1n) is 17.9. The summed E-state index contributed by atoms with van der Waals surface area (Å²) >= 11 is 1.80. The van der Waals surface area contributed by atoms with E-state index in [2.05, 4.69) is 179 Å². The van der Waals surface area contributed by atoms with Gasteiger partial charge in [0.05, 0.1) is 33.3 Å². The van der Waals surface area contributed by atoms with Crippen LogP contribution >= 0.6 is 11.8 Å². The van der Waals surface area contributed by atoms with Crippen LogP contribution in [0.25, 0.3) is 99.3 Å². The van der Waals surface area contributed by atoms with Crippen LogP contribution in [-0.4, -0.2) is 19.1 Å². The molecule has 0 aliphatic carbocycles. The van der Waals surface area contributed by atoms with E-state index in [0.717, 1.165) is 38.9 Å². The molecule has 0 spiro atoms. The zero-order chi connectivity index (χ0) is 34.6. The average Bonchev–Trinajstić information content (AvgIpc) is 3.74. The van der Waals surface area contributed by atoms with Gasteiger partial charge in [-0.25, -0.2) is 9.97 Å². The third kappa shape index (κ3) is 4.08. The summed E-state index contributed by atoms with van der Waals surface area (Å²) in [4.78, 5) is 13.0. The number of aromatic nitrogens is 4. The van der Waals surface area contributed by atoms with Gasteiger partial charge in [0.1, 0.15) is 0 Å². The summed E-state index contributed by atoms with van der Waals surface area (Å²) in [6.07, 6.45) is 0. The van der Waals surface area contributed by atoms with Crippen molar-refractivity contribution in [2.75, 3.05) is 0 Å². The quantitative estimate of drug-likeness (QED) is 0.185. The fourth-order valence-electron chi connectivity index (χ4n) is 8.66. The van der Waals surface area contributed by atoms with Crippen molar-refractivity contribution in [2.24, 2.45) is 0 Å². The van der Waals surface area contributed by atoms with Gasteiger partial charge < -0.3 is 4.57 Å². The lowest BCUT2D eigenvalue weighted by Crippen LogP contribution is -2.05. The van der Waals surface area contributed by atoms with Crippen molar-refractivity contribution in [3.05, 3.63) is 170 Å². The second kappa shape index (κ2) is 10.9. The van der Waals surface area contributed by atoms with Crippen LogP contribution in [-0.2, 0) is 0 Å². The lowest BCUT2D eigenvalue weighted by atomic mass is 9.95. The van der Waals surface area contributed by atoms with Crippen molar-refractivity contribution in [1.82, 2.24) is 19.1 Å². The van der Waals surface area contributed by atoms with Gasteiger partial charge in [-0.2, -0.15) is 0 Å². The molecule has 4 heterocycles. The molecule has 0 radical (unpaired) electrons. The summed E-state index contributed by atoms with van der Waals surface area (Å²) in [5.74, 6) is 0.687. The zero-order valence-electron chi connectivity index (χ0n) is 28.4. The van der Waals surface area contributed by atoms with Gasteiger partial charge in [-0.1, -0.05) is 127 Å². The van der Waals surface area contributed by atoms with E-state index < -0.39 is 0 Å². The Morgan fingerprint density at radius 2 is 1.06 bits per heavy atom. The Morgan fingerprint density at radius 3 is 1.94 bits per heavy atom. The minimum atomic E-state index is 0.687. The van der Waals surface area contributed by atoms with E-state index in [1.807, 2.05) is 0 Å². The number of benzene rings is 8. The van der Waals surface area contributed by atoms with E-state index >= 15 is 0 Å². The zero-order valence-corrected chi connectivity index (χ0v) is 29.2. The first-order chi connectivity index (χ1) is 26.3. The van der Waals surface area contributed by atoms with E-state index in [4.69, 9.17) is 9.97 Å². The van der Waals surface area contributed by atoms with E-state index in [-0.39, 0.29) is 0 Å². The number of para-hydroxylation sites is 3. The van der Waals surface area contributed by atoms with E-state index in [0.29, 0.717) is 5.95 Å². The standard InChI is InChI=1S/C48H28N4S/c1-2-12-30(13-3-1)51-40-20-7-4-14-33(40)36-26-25-32-31(17-10-18-35(32)47(36)51)29-24-27-42-38(28-29)34-15-5-8-21-41(34)52(42)48-49-39-19-11-23-44-45(39)46(50-48)37-16-6-9-22-43(37)53-44/h1-28H. The largest absolute Gasteiger partial charge is 0.309 e. The Balaban J connectivity index is 1.10. The monoisotopic (exact) mass is 692 g/mol. The van der Waals surface area contributed by atoms with Crippen LogP contribution in [0.15, 0.2) is 180 Å². The lowest BCUT2D eigenvalue weighted by molar-refractivity contribution is 1.01. The maximum Gasteiger partial charge on any atom is 0.235 e. The molecule has 0 amide bonds. The summed E-state index contributed by atoms with van der Waals surface area (Å²) in [7, 11) is 0. The summed E-state index contributed by atoms with van der Waals surface area (Å²) in [5, 5.41) is 8.47. The molecule has 0 saturated carbocycles. The number of nitrogens with zero attached hydrogens (tertiary/aromatic N) is 4. The van der Waals surface area contributed by atoms with Crippen LogP contribution in [0.2, 0.25) is 0 Å². The molecule has 0 saturated heterocycles. The first-order valence-corrected chi connectivity index (χ1v) is 18.7. The number of fused-ring (bicyclic) bond motifs is 10. The second-order valence-corrected chi connectivity index (χ2v) is 14.8. The molecule has 246 valence electrons. The highest BCUT2D eigenvalue weighted by atomic mass is 32.2. The SMILES string of the molecule is c1ccc(-n2c3ccccc3c3ccc4c(-c5ccc6c(c5)c5ccccc5n6-c5nc6c7c(cccc7n5)Sc5ccccc5-6)cccc4c32)cc1. The predicted octanol–water partition coefficient (Wildman–Crippen LogP) is 12.8. The summed E-state index contributed by atoms with van der Waals surface area (Å²) in [6.45, 7) is 0. The number of hydrogen-bond donors (Lipinski definition) is 0. The molecule has 4 nitrogen and oxygen atoms in total. The van der Waals surface area contributed by atoms with Crippen LogP contribution < -0.4 is 0 Å². The van der Waals surface area contributed by atoms with E-state index in [1.165, 1.54) is 64.3 Å². The molecule has 8 aromatic carbocycles. The highest BCUT2D eigenvalue weighted by molar-refractivity contribution is 7.99. The molecule has 1 aliphatic rings. The van der Waals surface area contributed by atoms with Crippen LogP contribution in [0.1, 0.15) is 0 Å². The number of rotatable bonds is 3. The molecular formula is C48H28N4S. The minimum absolute atomic E-state index is 0.687. The Hall–Kier alpha value is -6.69. The topological polar surface area (TPSA) is 35.6 Å². The Morgan fingerprint density at radius 1 is 0.415 bits per heavy atom. The molecule has 5 heteroatoms. The third-order valence-electron chi connectivity index (χ3n) is 10.9. The highest BCUT2D eigenvalue weighted by Gasteiger charge is 2.24. The van der Waals surface area contributed by atoms with Gasteiger partial charge in [0.15, 0.2) is 0 Å². The van der Waals surface area contributed by atoms with Crippen molar-refractivity contribution >= 4 is 77.0 Å². The van der Waals surface area contributed by atoms with Gasteiger partial charge in [-0.15, -0.1) is 0 Å². The lowest BCUT2D eigenvalue weighted by Gasteiger charge is -2.20. The van der Waals surface area contributed by atoms with Crippen LogP contribution in [0, 0.1) is 0 Å².